The first-order valence-corrected chi connectivity index (χ1v) is 6.03. The smallest absolute Gasteiger partial charge is 0.161 e. The Bertz CT molecular complexity index is 678. The zero-order valence-electron chi connectivity index (χ0n) is 11.7. The summed E-state index contributed by atoms with van der Waals surface area (Å²) in [7, 11) is 3.19. The van der Waals surface area contributed by atoms with E-state index in [1.165, 1.54) is 6.08 Å². The molecule has 0 bridgehead atoms. The molecular weight excluding hydrogens is 288 g/mol. The summed E-state index contributed by atoms with van der Waals surface area (Å²) in [6.07, 6.45) is 4.88. The normalized spacial score (nSPS) is 9.76. The second-order valence-electron chi connectivity index (χ2n) is 3.97. The van der Waals surface area contributed by atoms with Gasteiger partial charge in [-0.3, -0.25) is 4.98 Å². The van der Waals surface area contributed by atoms with Crippen molar-refractivity contribution in [2.24, 2.45) is 0 Å². The Morgan fingerprint density at radius 1 is 1.14 bits per heavy atom. The fourth-order valence-electron chi connectivity index (χ4n) is 1.90. The average Bonchev–Trinajstić information content (AvgIpc) is 2.52. The lowest BCUT2D eigenvalue weighted by molar-refractivity contribution is 0.355. The zero-order valence-corrected chi connectivity index (χ0v) is 12.6. The molecule has 0 aliphatic rings. The van der Waals surface area contributed by atoms with Crippen molar-refractivity contribution in [2.75, 3.05) is 14.2 Å². The van der Waals surface area contributed by atoms with E-state index in [4.69, 9.17) is 14.7 Å². The van der Waals surface area contributed by atoms with Crippen LogP contribution >= 0.6 is 12.4 Å². The number of hydrogen-bond acceptors (Lipinski definition) is 4. The molecule has 0 spiro atoms. The van der Waals surface area contributed by atoms with E-state index >= 15 is 0 Å². The van der Waals surface area contributed by atoms with Gasteiger partial charge in [0.2, 0.25) is 0 Å². The summed E-state index contributed by atoms with van der Waals surface area (Å²) in [5.41, 5.74) is 2.57. The van der Waals surface area contributed by atoms with Crippen LogP contribution in [0.4, 0.5) is 0 Å². The first-order chi connectivity index (χ1) is 9.80. The van der Waals surface area contributed by atoms with Crippen LogP contribution in [0, 0.1) is 11.3 Å². The Kier molecular flexibility index (Phi) is 6.25. The molecule has 0 saturated carbocycles. The van der Waals surface area contributed by atoms with Crippen molar-refractivity contribution in [1.29, 1.82) is 5.26 Å². The molecule has 4 nitrogen and oxygen atoms in total. The van der Waals surface area contributed by atoms with Gasteiger partial charge in [-0.25, -0.2) is 0 Å². The van der Waals surface area contributed by atoms with Crippen LogP contribution in [-0.2, 0) is 0 Å². The van der Waals surface area contributed by atoms with Gasteiger partial charge in [0, 0.05) is 23.4 Å². The van der Waals surface area contributed by atoms with Crippen LogP contribution in [0.5, 0.6) is 11.5 Å². The van der Waals surface area contributed by atoms with E-state index in [1.807, 2.05) is 36.4 Å². The highest BCUT2D eigenvalue weighted by Crippen LogP contribution is 2.32. The van der Waals surface area contributed by atoms with Gasteiger partial charge in [-0.05, 0) is 30.3 Å². The van der Waals surface area contributed by atoms with E-state index in [9.17, 15) is 0 Å². The predicted octanol–water partition coefficient (Wildman–Crippen LogP) is 3.72. The molecule has 1 aromatic carbocycles. The minimum absolute atomic E-state index is 0. The summed E-state index contributed by atoms with van der Waals surface area (Å²) in [4.78, 5) is 4.38. The van der Waals surface area contributed by atoms with Crippen molar-refractivity contribution in [3.63, 3.8) is 0 Å². The van der Waals surface area contributed by atoms with E-state index < -0.39 is 0 Å². The lowest BCUT2D eigenvalue weighted by Crippen LogP contribution is -1.93. The number of allylic oxidation sites excluding steroid dienone is 1. The molecular formula is C16H15ClN2O2. The highest BCUT2D eigenvalue weighted by molar-refractivity contribution is 5.85. The van der Waals surface area contributed by atoms with Crippen molar-refractivity contribution >= 4 is 18.5 Å². The van der Waals surface area contributed by atoms with Crippen LogP contribution in [0.2, 0.25) is 0 Å². The van der Waals surface area contributed by atoms with Crippen LogP contribution in [0.15, 0.2) is 42.6 Å². The van der Waals surface area contributed by atoms with Gasteiger partial charge in [-0.1, -0.05) is 6.07 Å². The summed E-state index contributed by atoms with van der Waals surface area (Å²) in [6, 6.07) is 11.3. The first kappa shape index (κ1) is 16.5. The number of hydrogen-bond donors (Lipinski definition) is 0. The van der Waals surface area contributed by atoms with Gasteiger partial charge in [0.15, 0.2) is 11.5 Å². The number of methoxy groups -OCH3 is 2. The van der Waals surface area contributed by atoms with E-state index in [-0.39, 0.29) is 12.4 Å². The molecule has 0 atom stereocenters. The number of benzene rings is 1. The van der Waals surface area contributed by atoms with E-state index in [0.29, 0.717) is 11.5 Å². The van der Waals surface area contributed by atoms with Gasteiger partial charge in [-0.2, -0.15) is 5.26 Å². The minimum atomic E-state index is 0. The van der Waals surface area contributed by atoms with E-state index in [1.54, 1.807) is 26.5 Å². The van der Waals surface area contributed by atoms with Gasteiger partial charge in [0.1, 0.15) is 0 Å². The largest absolute Gasteiger partial charge is 0.493 e. The van der Waals surface area contributed by atoms with Crippen molar-refractivity contribution in [1.82, 2.24) is 4.98 Å². The van der Waals surface area contributed by atoms with Gasteiger partial charge in [0.05, 0.1) is 26.0 Å². The molecule has 2 aromatic rings. The Hall–Kier alpha value is -2.51. The molecule has 0 saturated heterocycles. The van der Waals surface area contributed by atoms with Crippen LogP contribution in [-0.4, -0.2) is 19.2 Å². The average molecular weight is 303 g/mol. The van der Waals surface area contributed by atoms with Crippen molar-refractivity contribution in [3.8, 4) is 28.8 Å². The van der Waals surface area contributed by atoms with Crippen LogP contribution in [0.1, 0.15) is 5.56 Å². The first-order valence-electron chi connectivity index (χ1n) is 6.03. The topological polar surface area (TPSA) is 55.1 Å². The maximum absolute atomic E-state index is 8.65. The standard InChI is InChI=1S/C16H14N2O2.ClH/c1-19-14-8-7-13(11-15(14)20-2)16-12(5-3-9-17)6-4-10-18-16;/h3-8,10-11H,1-2H3;1H. The number of nitrogens with zero attached hydrogens (tertiary/aromatic N) is 2. The molecule has 0 unspecified atom stereocenters. The molecule has 5 heteroatoms. The van der Waals surface area contributed by atoms with E-state index in [2.05, 4.69) is 4.98 Å². The third-order valence-corrected chi connectivity index (χ3v) is 2.83. The molecule has 0 aliphatic carbocycles. The third kappa shape index (κ3) is 3.74. The highest BCUT2D eigenvalue weighted by Gasteiger charge is 2.09. The Balaban J connectivity index is 0.00000220. The SMILES string of the molecule is COc1ccc(-c2ncccc2C=CC#N)cc1OC.Cl. The molecule has 0 fully saturated rings. The van der Waals surface area contributed by atoms with Gasteiger partial charge >= 0.3 is 0 Å². The summed E-state index contributed by atoms with van der Waals surface area (Å²) in [5.74, 6) is 1.31. The Morgan fingerprint density at radius 2 is 1.90 bits per heavy atom. The number of ether oxygens (including phenoxy) is 2. The minimum Gasteiger partial charge on any atom is -0.493 e. The van der Waals surface area contributed by atoms with Crippen LogP contribution in [0.25, 0.3) is 17.3 Å². The number of pyridine rings is 1. The lowest BCUT2D eigenvalue weighted by atomic mass is 10.0. The summed E-state index contributed by atoms with van der Waals surface area (Å²) in [5, 5.41) is 8.65. The van der Waals surface area contributed by atoms with Gasteiger partial charge in [-0.15, -0.1) is 12.4 Å². The third-order valence-electron chi connectivity index (χ3n) is 2.83. The van der Waals surface area contributed by atoms with Crippen LogP contribution in [0.3, 0.4) is 0 Å². The molecule has 2 rings (SSSR count). The second-order valence-corrected chi connectivity index (χ2v) is 3.97. The number of aromatic nitrogens is 1. The van der Waals surface area contributed by atoms with E-state index in [0.717, 1.165) is 16.8 Å². The Labute approximate surface area is 130 Å². The molecule has 0 N–H and O–H groups in total. The second kappa shape index (κ2) is 7.93. The quantitative estimate of drug-likeness (QED) is 0.808. The maximum atomic E-state index is 8.65. The van der Waals surface area contributed by atoms with Crippen molar-refractivity contribution in [2.45, 2.75) is 0 Å². The Morgan fingerprint density at radius 3 is 2.57 bits per heavy atom. The molecule has 0 aliphatic heterocycles. The van der Waals surface area contributed by atoms with Crippen LogP contribution < -0.4 is 9.47 Å². The van der Waals surface area contributed by atoms with Gasteiger partial charge in [0.25, 0.3) is 0 Å². The fraction of sp³-hybridized carbons (Fsp3) is 0.125. The summed E-state index contributed by atoms with van der Waals surface area (Å²) in [6.45, 7) is 0. The predicted molar refractivity (Wildman–Crippen MR) is 84.7 cm³/mol. The molecule has 1 heterocycles. The maximum Gasteiger partial charge on any atom is 0.161 e. The summed E-state index contributed by atoms with van der Waals surface area (Å²) >= 11 is 0. The van der Waals surface area contributed by atoms with Crippen molar-refractivity contribution in [3.05, 3.63) is 48.2 Å². The molecule has 108 valence electrons. The number of rotatable bonds is 4. The fourth-order valence-corrected chi connectivity index (χ4v) is 1.90. The zero-order chi connectivity index (χ0) is 14.4. The number of nitriles is 1. The lowest BCUT2D eigenvalue weighted by Gasteiger charge is -2.10. The van der Waals surface area contributed by atoms with Gasteiger partial charge < -0.3 is 9.47 Å². The molecule has 21 heavy (non-hydrogen) atoms. The number of halogens is 1. The summed E-state index contributed by atoms with van der Waals surface area (Å²) < 4.78 is 10.5. The monoisotopic (exact) mass is 302 g/mol. The molecule has 0 radical (unpaired) electrons. The highest BCUT2D eigenvalue weighted by atomic mass is 35.5. The van der Waals surface area contributed by atoms with Crippen molar-refractivity contribution < 1.29 is 9.47 Å². The molecule has 0 amide bonds. The molecule has 1 aromatic heterocycles.